The van der Waals surface area contributed by atoms with Gasteiger partial charge in [-0.1, -0.05) is 39.1 Å². The first-order chi connectivity index (χ1) is 9.38. The lowest BCUT2D eigenvalue weighted by molar-refractivity contribution is 0.102. The minimum absolute atomic E-state index is 0.178. The molecule has 0 aliphatic carbocycles. The topological polar surface area (TPSA) is 42.0 Å². The molecule has 2 aromatic rings. The van der Waals surface area contributed by atoms with Crippen LogP contribution >= 0.6 is 39.1 Å². The summed E-state index contributed by atoms with van der Waals surface area (Å²) in [6, 6.07) is 7.01. The Balaban J connectivity index is 2.30. The lowest BCUT2D eigenvalue weighted by atomic mass is 10.1. The highest BCUT2D eigenvalue weighted by Gasteiger charge is 2.13. The van der Waals surface area contributed by atoms with Crippen LogP contribution < -0.4 is 5.32 Å². The zero-order valence-corrected chi connectivity index (χ0v) is 13.9. The molecule has 0 radical (unpaired) electrons. The SMILES string of the molecule is Cc1cc(C(=O)Nc2c(C)cc(Cl)nc2Cl)ccc1Br. The molecule has 3 nitrogen and oxygen atoms in total. The number of hydrogen-bond donors (Lipinski definition) is 1. The summed E-state index contributed by atoms with van der Waals surface area (Å²) in [5.41, 5.74) is 2.77. The summed E-state index contributed by atoms with van der Waals surface area (Å²) < 4.78 is 0.955. The maximum absolute atomic E-state index is 12.2. The zero-order chi connectivity index (χ0) is 14.9. The van der Waals surface area contributed by atoms with Crippen LogP contribution in [0.1, 0.15) is 21.5 Å². The van der Waals surface area contributed by atoms with Gasteiger partial charge in [-0.15, -0.1) is 0 Å². The first-order valence-corrected chi connectivity index (χ1v) is 7.33. The van der Waals surface area contributed by atoms with Gasteiger partial charge in [0.05, 0.1) is 5.69 Å². The third kappa shape index (κ3) is 3.32. The fraction of sp³-hybridized carbons (Fsp3) is 0.143. The molecule has 1 aromatic carbocycles. The largest absolute Gasteiger partial charge is 0.319 e. The quantitative estimate of drug-likeness (QED) is 0.751. The van der Waals surface area contributed by atoms with Crippen molar-refractivity contribution in [1.82, 2.24) is 4.98 Å². The number of carbonyl (C=O) groups excluding carboxylic acids is 1. The standard InChI is InChI=1S/C14H11BrCl2N2O/c1-7-5-9(3-4-10(7)15)14(20)19-12-8(2)6-11(16)18-13(12)17/h3-6H,1-2H3,(H,19,20). The Kier molecular flexibility index (Phi) is 4.68. The van der Waals surface area contributed by atoms with Gasteiger partial charge in [-0.05, 0) is 49.2 Å². The number of carbonyl (C=O) groups is 1. The number of nitrogens with zero attached hydrogens (tertiary/aromatic N) is 1. The molecule has 104 valence electrons. The summed E-state index contributed by atoms with van der Waals surface area (Å²) in [7, 11) is 0. The number of pyridine rings is 1. The molecule has 0 fully saturated rings. The Bertz CT molecular complexity index is 666. The van der Waals surface area contributed by atoms with Crippen LogP contribution in [0.2, 0.25) is 10.3 Å². The average molecular weight is 374 g/mol. The zero-order valence-electron chi connectivity index (χ0n) is 10.8. The Hall–Kier alpha value is -1.10. The van der Waals surface area contributed by atoms with Gasteiger partial charge >= 0.3 is 0 Å². The van der Waals surface area contributed by atoms with Gasteiger partial charge in [0.25, 0.3) is 5.91 Å². The maximum atomic E-state index is 12.2. The number of rotatable bonds is 2. The van der Waals surface area contributed by atoms with Gasteiger partial charge in [0.1, 0.15) is 5.15 Å². The molecule has 1 heterocycles. The molecular weight excluding hydrogens is 363 g/mol. The smallest absolute Gasteiger partial charge is 0.255 e. The van der Waals surface area contributed by atoms with Crippen molar-refractivity contribution in [3.63, 3.8) is 0 Å². The third-order valence-electron chi connectivity index (χ3n) is 2.80. The molecule has 1 N–H and O–H groups in total. The van der Waals surface area contributed by atoms with E-state index in [-0.39, 0.29) is 11.1 Å². The highest BCUT2D eigenvalue weighted by Crippen LogP contribution is 2.27. The van der Waals surface area contributed by atoms with Crippen LogP contribution in [0.4, 0.5) is 5.69 Å². The van der Waals surface area contributed by atoms with Crippen molar-refractivity contribution < 1.29 is 4.79 Å². The second-order valence-corrected chi connectivity index (χ2v) is 5.95. The molecule has 0 spiro atoms. The average Bonchev–Trinajstić information content (AvgIpc) is 2.36. The second kappa shape index (κ2) is 6.12. The first-order valence-electron chi connectivity index (χ1n) is 5.78. The summed E-state index contributed by atoms with van der Waals surface area (Å²) >= 11 is 15.2. The van der Waals surface area contributed by atoms with E-state index in [2.05, 4.69) is 26.2 Å². The van der Waals surface area contributed by atoms with Crippen LogP contribution in [0.15, 0.2) is 28.7 Å². The molecule has 0 saturated heterocycles. The van der Waals surface area contributed by atoms with Crippen molar-refractivity contribution in [2.24, 2.45) is 0 Å². The molecule has 1 aromatic heterocycles. The van der Waals surface area contributed by atoms with Crippen LogP contribution in [-0.4, -0.2) is 10.9 Å². The highest BCUT2D eigenvalue weighted by atomic mass is 79.9. The second-order valence-electron chi connectivity index (χ2n) is 4.35. The number of halogens is 3. The predicted octanol–water partition coefficient (Wildman–Crippen LogP) is 5.02. The van der Waals surface area contributed by atoms with E-state index in [1.54, 1.807) is 18.2 Å². The summed E-state index contributed by atoms with van der Waals surface area (Å²) in [6.07, 6.45) is 0. The van der Waals surface area contributed by atoms with Gasteiger partial charge in [-0.25, -0.2) is 4.98 Å². The van der Waals surface area contributed by atoms with Crippen molar-refractivity contribution in [2.75, 3.05) is 5.32 Å². The van der Waals surface area contributed by atoms with Crippen LogP contribution in [0.25, 0.3) is 0 Å². The van der Waals surface area contributed by atoms with Crippen molar-refractivity contribution in [3.05, 3.63) is 55.7 Å². The Morgan fingerprint density at radius 2 is 1.90 bits per heavy atom. The molecule has 20 heavy (non-hydrogen) atoms. The van der Waals surface area contributed by atoms with E-state index in [1.807, 2.05) is 19.9 Å². The Morgan fingerprint density at radius 3 is 2.50 bits per heavy atom. The number of amides is 1. The summed E-state index contributed by atoms with van der Waals surface area (Å²) in [4.78, 5) is 16.1. The molecule has 0 aliphatic rings. The molecule has 0 aliphatic heterocycles. The van der Waals surface area contributed by atoms with Gasteiger partial charge in [-0.2, -0.15) is 0 Å². The van der Waals surface area contributed by atoms with Crippen molar-refractivity contribution >= 4 is 50.7 Å². The van der Waals surface area contributed by atoms with E-state index < -0.39 is 0 Å². The summed E-state index contributed by atoms with van der Waals surface area (Å²) in [5, 5.41) is 3.24. The monoisotopic (exact) mass is 372 g/mol. The number of nitrogens with one attached hydrogen (secondary N) is 1. The van der Waals surface area contributed by atoms with Crippen molar-refractivity contribution in [1.29, 1.82) is 0 Å². The fourth-order valence-electron chi connectivity index (χ4n) is 1.72. The first kappa shape index (κ1) is 15.3. The van der Waals surface area contributed by atoms with Gasteiger partial charge in [0, 0.05) is 10.0 Å². The molecule has 0 saturated carbocycles. The van der Waals surface area contributed by atoms with Crippen LogP contribution in [0.5, 0.6) is 0 Å². The van der Waals surface area contributed by atoms with Gasteiger partial charge in [0.15, 0.2) is 5.15 Å². The lowest BCUT2D eigenvalue weighted by Crippen LogP contribution is -2.13. The van der Waals surface area contributed by atoms with Crippen LogP contribution in [0, 0.1) is 13.8 Å². The van der Waals surface area contributed by atoms with E-state index >= 15 is 0 Å². The van der Waals surface area contributed by atoms with Crippen LogP contribution in [-0.2, 0) is 0 Å². The minimum Gasteiger partial charge on any atom is -0.319 e. The van der Waals surface area contributed by atoms with Gasteiger partial charge < -0.3 is 5.32 Å². The number of hydrogen-bond acceptors (Lipinski definition) is 2. The minimum atomic E-state index is -0.241. The molecular formula is C14H11BrCl2N2O. The Labute approximate surface area is 135 Å². The fourth-order valence-corrected chi connectivity index (χ4v) is 2.54. The lowest BCUT2D eigenvalue weighted by Gasteiger charge is -2.11. The maximum Gasteiger partial charge on any atom is 0.255 e. The summed E-state index contributed by atoms with van der Waals surface area (Å²) in [6.45, 7) is 3.73. The molecule has 0 bridgehead atoms. The number of aryl methyl sites for hydroxylation is 2. The van der Waals surface area contributed by atoms with Gasteiger partial charge in [0.2, 0.25) is 0 Å². The van der Waals surface area contributed by atoms with Crippen LogP contribution in [0.3, 0.4) is 0 Å². The van der Waals surface area contributed by atoms with Crippen molar-refractivity contribution in [2.45, 2.75) is 13.8 Å². The van der Waals surface area contributed by atoms with E-state index in [0.29, 0.717) is 16.4 Å². The summed E-state index contributed by atoms with van der Waals surface area (Å²) in [5.74, 6) is -0.241. The number of anilines is 1. The van der Waals surface area contributed by atoms with E-state index in [9.17, 15) is 4.79 Å². The number of benzene rings is 1. The molecule has 0 unspecified atom stereocenters. The normalized spacial score (nSPS) is 10.4. The van der Waals surface area contributed by atoms with E-state index in [1.165, 1.54) is 0 Å². The van der Waals surface area contributed by atoms with Gasteiger partial charge in [-0.3, -0.25) is 4.79 Å². The molecule has 6 heteroatoms. The third-order valence-corrected chi connectivity index (χ3v) is 4.16. The van der Waals surface area contributed by atoms with E-state index in [4.69, 9.17) is 23.2 Å². The Morgan fingerprint density at radius 1 is 1.20 bits per heavy atom. The number of aromatic nitrogens is 1. The molecule has 0 atom stereocenters. The molecule has 1 amide bonds. The highest BCUT2D eigenvalue weighted by molar-refractivity contribution is 9.10. The van der Waals surface area contributed by atoms with Crippen molar-refractivity contribution in [3.8, 4) is 0 Å². The molecule has 2 rings (SSSR count). The van der Waals surface area contributed by atoms with E-state index in [0.717, 1.165) is 15.6 Å². The predicted molar refractivity (Wildman–Crippen MR) is 85.8 cm³/mol.